The van der Waals surface area contributed by atoms with Crippen molar-refractivity contribution < 1.29 is 19.1 Å². The minimum absolute atomic E-state index is 0.0336. The van der Waals surface area contributed by atoms with Crippen molar-refractivity contribution >= 4 is 52.2 Å². The van der Waals surface area contributed by atoms with Gasteiger partial charge in [0.2, 0.25) is 5.91 Å². The van der Waals surface area contributed by atoms with Crippen LogP contribution >= 0.6 is 23.2 Å². The number of halogens is 2. The van der Waals surface area contributed by atoms with Crippen LogP contribution in [0.25, 0.3) is 0 Å². The van der Waals surface area contributed by atoms with Gasteiger partial charge in [0.1, 0.15) is 16.8 Å². The average molecular weight is 526 g/mol. The second kappa shape index (κ2) is 8.39. The van der Waals surface area contributed by atoms with Crippen molar-refractivity contribution in [1.29, 1.82) is 0 Å². The largest absolute Gasteiger partial charge is 0.462 e. The van der Waals surface area contributed by atoms with Gasteiger partial charge in [-0.2, -0.15) is 0 Å². The summed E-state index contributed by atoms with van der Waals surface area (Å²) in [6, 6.07) is 12.1. The quantitative estimate of drug-likeness (QED) is 0.541. The zero-order chi connectivity index (χ0) is 26.0. The fourth-order valence-electron chi connectivity index (χ4n) is 5.63. The molecule has 2 aliphatic heterocycles. The molecular weight excluding hydrogens is 501 g/mol. The Morgan fingerprint density at radius 2 is 1.83 bits per heavy atom. The van der Waals surface area contributed by atoms with E-state index in [0.717, 1.165) is 0 Å². The number of Topliss-reactive ketones (excluding diaryl/α,β-unsaturated/α-hetero) is 1. The molecule has 0 saturated carbocycles. The molecule has 0 bridgehead atoms. The van der Waals surface area contributed by atoms with E-state index < -0.39 is 22.7 Å². The molecule has 2 aromatic carbocycles. The first-order chi connectivity index (χ1) is 17.0. The topological polar surface area (TPSA) is 102 Å². The number of fused-ring (bicyclic) bond motifs is 3. The van der Waals surface area contributed by atoms with Crippen molar-refractivity contribution in [3.05, 3.63) is 80.7 Å². The van der Waals surface area contributed by atoms with Gasteiger partial charge in [-0.1, -0.05) is 61.3 Å². The van der Waals surface area contributed by atoms with E-state index in [1.807, 2.05) is 13.8 Å². The van der Waals surface area contributed by atoms with Crippen LogP contribution in [0.4, 0.5) is 11.4 Å². The molecule has 1 spiro atoms. The molecule has 1 amide bonds. The van der Waals surface area contributed by atoms with Gasteiger partial charge >= 0.3 is 5.97 Å². The predicted octanol–water partition coefficient (Wildman–Crippen LogP) is 5.08. The molecule has 0 fully saturated rings. The van der Waals surface area contributed by atoms with E-state index in [0.29, 0.717) is 29.1 Å². The van der Waals surface area contributed by atoms with E-state index >= 15 is 0 Å². The lowest BCUT2D eigenvalue weighted by Gasteiger charge is -2.47. The highest BCUT2D eigenvalue weighted by atomic mass is 35.5. The Kier molecular flexibility index (Phi) is 5.69. The van der Waals surface area contributed by atoms with Crippen molar-refractivity contribution in [3.63, 3.8) is 0 Å². The van der Waals surface area contributed by atoms with Crippen molar-refractivity contribution in [2.24, 2.45) is 11.1 Å². The molecule has 3 N–H and O–H groups in total. The van der Waals surface area contributed by atoms with Gasteiger partial charge in [-0.05, 0) is 37.0 Å². The number of nitrogens with zero attached hydrogens (tertiary/aromatic N) is 1. The van der Waals surface area contributed by atoms with E-state index in [9.17, 15) is 14.4 Å². The van der Waals surface area contributed by atoms with Crippen LogP contribution in [0, 0.1) is 5.41 Å². The van der Waals surface area contributed by atoms with Gasteiger partial charge in [0.15, 0.2) is 5.78 Å². The molecule has 2 aromatic rings. The number of para-hydroxylation sites is 1. The minimum Gasteiger partial charge on any atom is -0.462 e. The third-order valence-corrected chi connectivity index (χ3v) is 7.75. The summed E-state index contributed by atoms with van der Waals surface area (Å²) in [5.41, 5.74) is 6.61. The van der Waals surface area contributed by atoms with Crippen LogP contribution in [0.2, 0.25) is 10.0 Å². The maximum Gasteiger partial charge on any atom is 0.339 e. The highest BCUT2D eigenvalue weighted by molar-refractivity contribution is 6.43. The fourth-order valence-corrected chi connectivity index (χ4v) is 6.01. The molecular formula is C27H25Cl2N3O4. The lowest BCUT2D eigenvalue weighted by atomic mass is 9.60. The number of anilines is 2. The van der Waals surface area contributed by atoms with Crippen LogP contribution in [0.3, 0.4) is 0 Å². The Hall–Kier alpha value is -3.29. The van der Waals surface area contributed by atoms with Crippen molar-refractivity contribution in [2.45, 2.75) is 39.0 Å². The average Bonchev–Trinajstić information content (AvgIpc) is 3.07. The summed E-state index contributed by atoms with van der Waals surface area (Å²) in [6.45, 7) is 5.67. The Bertz CT molecular complexity index is 1410. The molecule has 2 heterocycles. The summed E-state index contributed by atoms with van der Waals surface area (Å²) < 4.78 is 5.42. The summed E-state index contributed by atoms with van der Waals surface area (Å²) in [4.78, 5) is 43.1. The smallest absolute Gasteiger partial charge is 0.339 e. The molecule has 9 heteroatoms. The van der Waals surface area contributed by atoms with Crippen LogP contribution in [0.1, 0.15) is 39.2 Å². The zero-order valence-electron chi connectivity index (χ0n) is 20.1. The number of nitrogens with one attached hydrogen (secondary N) is 1. The summed E-state index contributed by atoms with van der Waals surface area (Å²) in [5, 5.41) is 3.36. The highest BCUT2D eigenvalue weighted by Gasteiger charge is 2.63. The third kappa shape index (κ3) is 3.29. The Morgan fingerprint density at radius 1 is 1.11 bits per heavy atom. The van der Waals surface area contributed by atoms with Gasteiger partial charge < -0.3 is 15.8 Å². The van der Waals surface area contributed by atoms with Crippen molar-refractivity contribution in [1.82, 2.24) is 0 Å². The summed E-state index contributed by atoms with van der Waals surface area (Å²) in [7, 11) is 0. The number of ether oxygens (including phenoxy) is 1. The molecule has 7 nitrogen and oxygen atoms in total. The Labute approximate surface area is 218 Å². The maximum atomic E-state index is 14.0. The van der Waals surface area contributed by atoms with Crippen LogP contribution in [0.15, 0.2) is 65.1 Å². The second-order valence-electron chi connectivity index (χ2n) is 9.90. The van der Waals surface area contributed by atoms with E-state index in [1.165, 1.54) is 0 Å². The number of allylic oxidation sites excluding steroid dienone is 1. The number of esters is 1. The van der Waals surface area contributed by atoms with Crippen LogP contribution in [-0.2, 0) is 24.5 Å². The van der Waals surface area contributed by atoms with Gasteiger partial charge in [0, 0.05) is 28.9 Å². The summed E-state index contributed by atoms with van der Waals surface area (Å²) in [6.07, 6.45) is 0.598. The SMILES string of the molecule is CCOC(=O)C1=C(N)N(c2cccc(Cl)c2Cl)C2=C(C(=O)CC(C)(C)C2)C12C(=O)Nc1ccccc12. The molecule has 0 radical (unpaired) electrons. The molecule has 186 valence electrons. The highest BCUT2D eigenvalue weighted by Crippen LogP contribution is 2.58. The number of hydrogen-bond acceptors (Lipinski definition) is 6. The van der Waals surface area contributed by atoms with Crippen LogP contribution in [0.5, 0.6) is 0 Å². The van der Waals surface area contributed by atoms with Crippen LogP contribution in [-0.4, -0.2) is 24.3 Å². The van der Waals surface area contributed by atoms with E-state index in [1.54, 1.807) is 54.3 Å². The first-order valence-corrected chi connectivity index (χ1v) is 12.4. The number of ketones is 1. The van der Waals surface area contributed by atoms with Crippen molar-refractivity contribution in [3.8, 4) is 0 Å². The number of amides is 1. The van der Waals surface area contributed by atoms with E-state index in [2.05, 4.69) is 5.32 Å². The number of rotatable bonds is 3. The fraction of sp³-hybridized carbons (Fsp3) is 0.296. The monoisotopic (exact) mass is 525 g/mol. The van der Waals surface area contributed by atoms with Gasteiger partial charge in [-0.3, -0.25) is 14.5 Å². The number of carbonyl (C=O) groups excluding carboxylic acids is 3. The second-order valence-corrected chi connectivity index (χ2v) is 10.7. The Morgan fingerprint density at radius 3 is 2.56 bits per heavy atom. The number of nitrogens with two attached hydrogens (primary N) is 1. The molecule has 0 aromatic heterocycles. The summed E-state index contributed by atoms with van der Waals surface area (Å²) >= 11 is 13.0. The van der Waals surface area contributed by atoms with Crippen LogP contribution < -0.4 is 16.0 Å². The standard InChI is InChI=1S/C27H25Cl2N3O4/c1-4-36-24(34)21-23(30)32(17-11-7-9-15(28)22(17)29)18-12-26(2,3)13-19(33)20(18)27(21)14-8-5-6-10-16(14)31-25(27)35/h5-11H,4,12-13,30H2,1-3H3,(H,31,35). The number of carbonyl (C=O) groups is 3. The zero-order valence-corrected chi connectivity index (χ0v) is 21.6. The molecule has 1 unspecified atom stereocenters. The molecule has 3 aliphatic rings. The molecule has 1 aliphatic carbocycles. The van der Waals surface area contributed by atoms with Gasteiger partial charge in [0.25, 0.3) is 0 Å². The number of hydrogen-bond donors (Lipinski definition) is 2. The van der Waals surface area contributed by atoms with Crippen molar-refractivity contribution in [2.75, 3.05) is 16.8 Å². The van der Waals surface area contributed by atoms with E-state index in [-0.39, 0.29) is 45.8 Å². The lowest BCUT2D eigenvalue weighted by molar-refractivity contribution is -0.140. The molecule has 36 heavy (non-hydrogen) atoms. The number of benzene rings is 2. The molecule has 1 atom stereocenters. The molecule has 5 rings (SSSR count). The van der Waals surface area contributed by atoms with Gasteiger partial charge in [-0.15, -0.1) is 0 Å². The van der Waals surface area contributed by atoms with E-state index in [4.69, 9.17) is 33.7 Å². The summed E-state index contributed by atoms with van der Waals surface area (Å²) in [5.74, 6) is -1.58. The first-order valence-electron chi connectivity index (χ1n) is 11.6. The first kappa shape index (κ1) is 24.4. The predicted molar refractivity (Wildman–Crippen MR) is 139 cm³/mol. The Balaban J connectivity index is 1.94. The van der Waals surface area contributed by atoms with Gasteiger partial charge in [0.05, 0.1) is 22.3 Å². The normalized spacial score (nSPS) is 22.5. The molecule has 0 saturated heterocycles. The third-order valence-electron chi connectivity index (χ3n) is 6.94. The lowest BCUT2D eigenvalue weighted by Crippen LogP contribution is -2.54. The van der Waals surface area contributed by atoms with Gasteiger partial charge in [-0.25, -0.2) is 4.79 Å². The maximum absolute atomic E-state index is 14.0. The minimum atomic E-state index is -1.75.